The van der Waals surface area contributed by atoms with Gasteiger partial charge in [-0.3, -0.25) is 4.79 Å². The fourth-order valence-corrected chi connectivity index (χ4v) is 3.42. The van der Waals surface area contributed by atoms with Crippen LogP contribution in [-0.2, 0) is 6.54 Å². The Labute approximate surface area is 160 Å². The molecule has 1 aromatic carbocycles. The largest absolute Gasteiger partial charge is 0.318 e. The van der Waals surface area contributed by atoms with Crippen molar-refractivity contribution in [2.24, 2.45) is 0 Å². The highest BCUT2D eigenvalue weighted by Gasteiger charge is 2.21. The van der Waals surface area contributed by atoms with Gasteiger partial charge in [-0.05, 0) is 38.4 Å². The van der Waals surface area contributed by atoms with Gasteiger partial charge in [0.2, 0.25) is 0 Å². The highest BCUT2D eigenvalue weighted by Crippen LogP contribution is 2.34. The van der Waals surface area contributed by atoms with Crippen LogP contribution in [-0.4, -0.2) is 34.3 Å². The Morgan fingerprint density at radius 3 is 2.52 bits per heavy atom. The topological polar surface area (TPSA) is 49.6 Å². The van der Waals surface area contributed by atoms with E-state index >= 15 is 0 Å². The van der Waals surface area contributed by atoms with E-state index in [4.69, 9.17) is 34.8 Å². The average Bonchev–Trinajstić information content (AvgIpc) is 2.89. The number of nitrogens with zero attached hydrogens (tertiary/aromatic N) is 3. The lowest BCUT2D eigenvalue weighted by molar-refractivity contribution is 0.102. The van der Waals surface area contributed by atoms with E-state index in [1.54, 1.807) is 0 Å². The van der Waals surface area contributed by atoms with Gasteiger partial charge in [0, 0.05) is 17.8 Å². The summed E-state index contributed by atoms with van der Waals surface area (Å²) in [6.45, 7) is 0.552. The fraction of sp³-hybridized carbons (Fsp3) is 0.176. The number of hydrogen-bond donors (Lipinski definition) is 1. The van der Waals surface area contributed by atoms with Crippen molar-refractivity contribution in [3.63, 3.8) is 0 Å². The number of halogens is 3. The zero-order valence-corrected chi connectivity index (χ0v) is 15.8. The Bertz CT molecular complexity index is 929. The lowest BCUT2D eigenvalue weighted by Gasteiger charge is -2.12. The predicted molar refractivity (Wildman–Crippen MR) is 102 cm³/mol. The zero-order valence-electron chi connectivity index (χ0n) is 13.6. The van der Waals surface area contributed by atoms with Crippen LogP contribution in [0.3, 0.4) is 0 Å². The summed E-state index contributed by atoms with van der Waals surface area (Å²) < 4.78 is 1.89. The molecule has 0 fully saturated rings. The molecule has 0 aliphatic rings. The Hall–Kier alpha value is -1.79. The fourth-order valence-electron chi connectivity index (χ4n) is 2.51. The lowest BCUT2D eigenvalue weighted by Crippen LogP contribution is -2.19. The molecule has 3 aromatic rings. The van der Waals surface area contributed by atoms with E-state index in [0.717, 1.165) is 5.69 Å². The van der Waals surface area contributed by atoms with Crippen molar-refractivity contribution >= 4 is 52.0 Å². The molecule has 8 heteroatoms. The van der Waals surface area contributed by atoms with Crippen LogP contribution < -0.4 is 5.32 Å². The third-order valence-corrected chi connectivity index (χ3v) is 4.37. The van der Waals surface area contributed by atoms with Gasteiger partial charge in [0.1, 0.15) is 5.65 Å². The maximum absolute atomic E-state index is 12.8. The van der Waals surface area contributed by atoms with Crippen molar-refractivity contribution in [2.45, 2.75) is 6.54 Å². The molecule has 25 heavy (non-hydrogen) atoms. The van der Waals surface area contributed by atoms with Gasteiger partial charge in [-0.2, -0.15) is 0 Å². The normalized spacial score (nSPS) is 11.3. The Kier molecular flexibility index (Phi) is 5.20. The van der Waals surface area contributed by atoms with Crippen molar-refractivity contribution in [2.75, 3.05) is 19.4 Å². The number of benzene rings is 1. The summed E-state index contributed by atoms with van der Waals surface area (Å²) in [5.74, 6) is -0.383. The molecular weight excluding hydrogens is 383 g/mol. The maximum atomic E-state index is 12.8. The van der Waals surface area contributed by atoms with E-state index in [0.29, 0.717) is 28.6 Å². The van der Waals surface area contributed by atoms with Crippen molar-refractivity contribution in [1.82, 2.24) is 14.3 Å². The van der Waals surface area contributed by atoms with Crippen LogP contribution in [0.2, 0.25) is 15.1 Å². The van der Waals surface area contributed by atoms with Gasteiger partial charge in [0.15, 0.2) is 5.69 Å². The van der Waals surface area contributed by atoms with E-state index in [1.165, 1.54) is 12.1 Å². The molecule has 0 aliphatic heterocycles. The number of rotatable bonds is 4. The van der Waals surface area contributed by atoms with E-state index in [1.807, 2.05) is 47.8 Å². The molecule has 0 aliphatic carbocycles. The summed E-state index contributed by atoms with van der Waals surface area (Å²) in [4.78, 5) is 19.2. The number of hydrogen-bond acceptors (Lipinski definition) is 3. The number of nitrogens with one attached hydrogen (secondary N) is 1. The lowest BCUT2D eigenvalue weighted by atomic mass is 10.2. The van der Waals surface area contributed by atoms with Gasteiger partial charge in [0.25, 0.3) is 5.91 Å². The zero-order chi connectivity index (χ0) is 18.1. The Morgan fingerprint density at radius 1 is 1.20 bits per heavy atom. The Balaban J connectivity index is 2.03. The number of imidazole rings is 1. The molecule has 1 amide bonds. The van der Waals surface area contributed by atoms with Crippen LogP contribution in [0.4, 0.5) is 5.69 Å². The number of amides is 1. The summed E-state index contributed by atoms with van der Waals surface area (Å²) in [6, 6.07) is 8.65. The first-order valence-electron chi connectivity index (χ1n) is 7.43. The smallest absolute Gasteiger partial charge is 0.276 e. The number of anilines is 1. The van der Waals surface area contributed by atoms with Gasteiger partial charge in [0.05, 0.1) is 21.4 Å². The predicted octanol–water partition coefficient (Wildman–Crippen LogP) is 4.61. The quantitative estimate of drug-likeness (QED) is 0.699. The van der Waals surface area contributed by atoms with Crippen molar-refractivity contribution in [1.29, 1.82) is 0 Å². The molecule has 0 radical (unpaired) electrons. The summed E-state index contributed by atoms with van der Waals surface area (Å²) in [7, 11) is 3.86. The molecule has 3 rings (SSSR count). The number of pyridine rings is 1. The molecule has 2 heterocycles. The van der Waals surface area contributed by atoms with Crippen LogP contribution in [0.25, 0.3) is 5.65 Å². The monoisotopic (exact) mass is 396 g/mol. The van der Waals surface area contributed by atoms with E-state index in [2.05, 4.69) is 10.3 Å². The maximum Gasteiger partial charge on any atom is 0.276 e. The first-order chi connectivity index (χ1) is 11.9. The standard InChI is InChI=1S/C17H15Cl3N4O/c1-23(2)9-13-16(21-14-5-3-4-6-24(13)14)17(25)22-15-11(19)7-10(18)8-12(15)20/h3-8H,9H2,1-2H3,(H,22,25). The van der Waals surface area contributed by atoms with Gasteiger partial charge in [-0.25, -0.2) is 4.98 Å². The molecule has 130 valence electrons. The first-order valence-corrected chi connectivity index (χ1v) is 8.57. The Morgan fingerprint density at radius 2 is 1.88 bits per heavy atom. The minimum Gasteiger partial charge on any atom is -0.318 e. The molecule has 0 bridgehead atoms. The van der Waals surface area contributed by atoms with Gasteiger partial charge in [-0.1, -0.05) is 40.9 Å². The molecule has 0 saturated carbocycles. The van der Waals surface area contributed by atoms with Gasteiger partial charge < -0.3 is 14.6 Å². The van der Waals surface area contributed by atoms with Crippen LogP contribution in [0.15, 0.2) is 36.5 Å². The van der Waals surface area contributed by atoms with Crippen LogP contribution >= 0.6 is 34.8 Å². The molecule has 2 aromatic heterocycles. The van der Waals surface area contributed by atoms with Crippen LogP contribution in [0.5, 0.6) is 0 Å². The highest BCUT2D eigenvalue weighted by atomic mass is 35.5. The summed E-state index contributed by atoms with van der Waals surface area (Å²) in [6.07, 6.45) is 1.88. The molecule has 1 N–H and O–H groups in total. The third kappa shape index (κ3) is 3.75. The second kappa shape index (κ2) is 7.22. The van der Waals surface area contributed by atoms with E-state index < -0.39 is 0 Å². The number of carbonyl (C=O) groups is 1. The van der Waals surface area contributed by atoms with Crippen molar-refractivity contribution in [3.05, 3.63) is 63.0 Å². The average molecular weight is 398 g/mol. The number of carbonyl (C=O) groups excluding carboxylic acids is 1. The van der Waals surface area contributed by atoms with E-state index in [9.17, 15) is 4.79 Å². The molecule has 0 unspecified atom stereocenters. The van der Waals surface area contributed by atoms with Crippen LogP contribution in [0.1, 0.15) is 16.2 Å². The summed E-state index contributed by atoms with van der Waals surface area (Å²) >= 11 is 18.2. The van der Waals surface area contributed by atoms with Gasteiger partial charge >= 0.3 is 0 Å². The summed E-state index contributed by atoms with van der Waals surface area (Å²) in [5, 5.41) is 3.67. The molecule has 5 nitrogen and oxygen atoms in total. The third-order valence-electron chi connectivity index (χ3n) is 3.56. The SMILES string of the molecule is CN(C)Cc1c(C(=O)Nc2c(Cl)cc(Cl)cc2Cl)nc2ccccn12. The minimum absolute atomic E-state index is 0.267. The minimum atomic E-state index is -0.383. The van der Waals surface area contributed by atoms with E-state index in [-0.39, 0.29) is 16.0 Å². The second-order valence-electron chi connectivity index (χ2n) is 5.77. The van der Waals surface area contributed by atoms with Gasteiger partial charge in [-0.15, -0.1) is 0 Å². The van der Waals surface area contributed by atoms with Crippen LogP contribution in [0, 0.1) is 0 Å². The van der Waals surface area contributed by atoms with Crippen molar-refractivity contribution < 1.29 is 4.79 Å². The van der Waals surface area contributed by atoms with Crippen molar-refractivity contribution in [3.8, 4) is 0 Å². The molecular formula is C17H15Cl3N4O. The molecule has 0 spiro atoms. The molecule has 0 saturated heterocycles. The highest BCUT2D eigenvalue weighted by molar-refractivity contribution is 6.42. The molecule has 0 atom stereocenters. The number of fused-ring (bicyclic) bond motifs is 1. The number of aromatic nitrogens is 2. The second-order valence-corrected chi connectivity index (χ2v) is 7.02. The summed E-state index contributed by atoms with van der Waals surface area (Å²) in [5.41, 5.74) is 2.10. The first kappa shape index (κ1) is 18.0.